The van der Waals surface area contributed by atoms with Crippen LogP contribution in [-0.4, -0.2) is 34.4 Å². The monoisotopic (exact) mass is 200 g/mol. The number of ether oxygens (including phenoxy) is 1. The van der Waals surface area contributed by atoms with E-state index < -0.39 is 23.5 Å². The van der Waals surface area contributed by atoms with Gasteiger partial charge in [-0.2, -0.15) is 0 Å². The van der Waals surface area contributed by atoms with Crippen molar-refractivity contribution in [1.82, 2.24) is 0 Å². The van der Waals surface area contributed by atoms with Crippen LogP contribution < -0.4 is 0 Å². The Morgan fingerprint density at radius 3 is 2.43 bits per heavy atom. The molecular weight excluding hydrogens is 188 g/mol. The van der Waals surface area contributed by atoms with Gasteiger partial charge in [-0.05, 0) is 19.3 Å². The molecule has 0 amide bonds. The fraction of sp³-hybridized carbons (Fsp3) is 0.778. The van der Waals surface area contributed by atoms with Gasteiger partial charge >= 0.3 is 11.9 Å². The summed E-state index contributed by atoms with van der Waals surface area (Å²) in [6.07, 6.45) is 1.10. The highest BCUT2D eigenvalue weighted by Gasteiger charge is 2.58. The number of carboxylic acids is 2. The molecule has 0 radical (unpaired) electrons. The normalized spacial score (nSPS) is 40.0. The average molecular weight is 200 g/mol. The molecule has 2 fully saturated rings. The number of aliphatic carboxylic acids is 2. The quantitative estimate of drug-likeness (QED) is 0.692. The van der Waals surface area contributed by atoms with Crippen LogP contribution >= 0.6 is 0 Å². The summed E-state index contributed by atoms with van der Waals surface area (Å²) >= 11 is 0. The van der Waals surface area contributed by atoms with Crippen LogP contribution in [0.3, 0.4) is 0 Å². The number of rotatable bonds is 3. The maximum absolute atomic E-state index is 11.1. The van der Waals surface area contributed by atoms with E-state index in [9.17, 15) is 9.59 Å². The van der Waals surface area contributed by atoms with Crippen molar-refractivity contribution in [2.75, 3.05) is 0 Å². The number of fused-ring (bicyclic) bond motifs is 2. The van der Waals surface area contributed by atoms with Crippen LogP contribution in [0.5, 0.6) is 0 Å². The van der Waals surface area contributed by atoms with E-state index in [1.54, 1.807) is 0 Å². The second kappa shape index (κ2) is 2.95. The standard InChI is InChI=1S/C9H12O5/c10-7(11)4-9(8(12)13)3-5-1-2-6(9)14-5/h5-6H,1-4H2,(H,10,11)(H,12,13)/t5-,6+,9-/m0/s1. The molecule has 2 bridgehead atoms. The smallest absolute Gasteiger partial charge is 0.312 e. The molecule has 78 valence electrons. The molecule has 3 atom stereocenters. The van der Waals surface area contributed by atoms with Crippen LogP contribution in [0.1, 0.15) is 25.7 Å². The number of carbonyl (C=O) groups is 2. The second-order valence-corrected chi connectivity index (χ2v) is 4.06. The van der Waals surface area contributed by atoms with Crippen LogP contribution in [-0.2, 0) is 14.3 Å². The summed E-state index contributed by atoms with van der Waals surface area (Å²) in [5, 5.41) is 17.8. The van der Waals surface area contributed by atoms with Gasteiger partial charge in [0.1, 0.15) is 5.41 Å². The molecule has 2 aliphatic rings. The number of carboxylic acid groups (broad SMARTS) is 2. The fourth-order valence-electron chi connectivity index (χ4n) is 2.56. The Bertz CT molecular complexity index is 287. The van der Waals surface area contributed by atoms with Crippen molar-refractivity contribution in [3.8, 4) is 0 Å². The van der Waals surface area contributed by atoms with Gasteiger partial charge in [0.15, 0.2) is 0 Å². The maximum atomic E-state index is 11.1. The van der Waals surface area contributed by atoms with Gasteiger partial charge in [0.25, 0.3) is 0 Å². The van der Waals surface area contributed by atoms with Crippen molar-refractivity contribution in [2.24, 2.45) is 5.41 Å². The summed E-state index contributed by atoms with van der Waals surface area (Å²) in [4.78, 5) is 21.7. The molecule has 2 rings (SSSR count). The lowest BCUT2D eigenvalue weighted by Gasteiger charge is -2.28. The molecule has 0 spiro atoms. The Hall–Kier alpha value is -1.10. The van der Waals surface area contributed by atoms with Crippen LogP contribution in [0, 0.1) is 5.41 Å². The minimum Gasteiger partial charge on any atom is -0.481 e. The molecule has 2 aliphatic heterocycles. The van der Waals surface area contributed by atoms with Gasteiger partial charge in [-0.3, -0.25) is 9.59 Å². The second-order valence-electron chi connectivity index (χ2n) is 4.06. The van der Waals surface area contributed by atoms with Crippen LogP contribution in [0.15, 0.2) is 0 Å². The molecule has 0 saturated carbocycles. The van der Waals surface area contributed by atoms with Gasteiger partial charge < -0.3 is 14.9 Å². The van der Waals surface area contributed by atoms with E-state index in [2.05, 4.69) is 0 Å². The van der Waals surface area contributed by atoms with Gasteiger partial charge in [-0.1, -0.05) is 0 Å². The third-order valence-electron chi connectivity index (χ3n) is 3.21. The van der Waals surface area contributed by atoms with Crippen LogP contribution in [0.4, 0.5) is 0 Å². The predicted molar refractivity (Wildman–Crippen MR) is 44.8 cm³/mol. The van der Waals surface area contributed by atoms with E-state index in [1.807, 2.05) is 0 Å². The van der Waals surface area contributed by atoms with Gasteiger partial charge in [-0.25, -0.2) is 0 Å². The highest BCUT2D eigenvalue weighted by molar-refractivity contribution is 5.82. The van der Waals surface area contributed by atoms with Crippen molar-refractivity contribution in [3.05, 3.63) is 0 Å². The van der Waals surface area contributed by atoms with E-state index >= 15 is 0 Å². The Kier molecular flexibility index (Phi) is 1.99. The van der Waals surface area contributed by atoms with Gasteiger partial charge in [-0.15, -0.1) is 0 Å². The van der Waals surface area contributed by atoms with Gasteiger partial charge in [0.2, 0.25) is 0 Å². The molecule has 2 heterocycles. The summed E-state index contributed by atoms with van der Waals surface area (Å²) in [5.74, 6) is -2.10. The Morgan fingerprint density at radius 2 is 2.07 bits per heavy atom. The molecule has 0 aromatic heterocycles. The van der Waals surface area contributed by atoms with Gasteiger partial charge in [0, 0.05) is 0 Å². The van der Waals surface area contributed by atoms with E-state index in [1.165, 1.54) is 0 Å². The van der Waals surface area contributed by atoms with Crippen molar-refractivity contribution < 1.29 is 24.5 Å². The molecule has 2 N–H and O–H groups in total. The van der Waals surface area contributed by atoms with Crippen molar-refractivity contribution in [2.45, 2.75) is 37.9 Å². The Morgan fingerprint density at radius 1 is 1.36 bits per heavy atom. The first kappa shape index (κ1) is 9.45. The van der Waals surface area contributed by atoms with Crippen molar-refractivity contribution >= 4 is 11.9 Å². The third-order valence-corrected chi connectivity index (χ3v) is 3.21. The average Bonchev–Trinajstić information content (AvgIpc) is 2.61. The molecule has 5 nitrogen and oxygen atoms in total. The summed E-state index contributed by atoms with van der Waals surface area (Å²) < 4.78 is 5.41. The zero-order valence-electron chi connectivity index (χ0n) is 7.60. The SMILES string of the molecule is O=C(O)C[C@@]1(C(=O)O)C[C@@H]2CC[C@H]1O2. The molecular formula is C9H12O5. The van der Waals surface area contributed by atoms with E-state index in [4.69, 9.17) is 14.9 Å². The minimum absolute atomic E-state index is 0.0459. The predicted octanol–water partition coefficient (Wildman–Crippen LogP) is 0.483. The number of hydrogen-bond donors (Lipinski definition) is 2. The zero-order valence-corrected chi connectivity index (χ0v) is 7.60. The number of hydrogen-bond acceptors (Lipinski definition) is 3. The lowest BCUT2D eigenvalue weighted by Crippen LogP contribution is -2.42. The summed E-state index contributed by atoms with van der Waals surface area (Å²) in [5.41, 5.74) is -1.17. The highest BCUT2D eigenvalue weighted by atomic mass is 16.5. The maximum Gasteiger partial charge on any atom is 0.312 e. The summed E-state index contributed by atoms with van der Waals surface area (Å²) in [7, 11) is 0. The highest BCUT2D eigenvalue weighted by Crippen LogP contribution is 2.49. The molecule has 0 aromatic carbocycles. The summed E-state index contributed by atoms with van der Waals surface area (Å²) in [6, 6.07) is 0. The Balaban J connectivity index is 2.24. The van der Waals surface area contributed by atoms with E-state index in [0.29, 0.717) is 12.8 Å². The van der Waals surface area contributed by atoms with E-state index in [0.717, 1.165) is 6.42 Å². The molecule has 0 aliphatic carbocycles. The fourth-order valence-corrected chi connectivity index (χ4v) is 2.56. The minimum atomic E-state index is -1.17. The summed E-state index contributed by atoms with van der Waals surface area (Å²) in [6.45, 7) is 0. The van der Waals surface area contributed by atoms with E-state index in [-0.39, 0.29) is 12.5 Å². The largest absolute Gasteiger partial charge is 0.481 e. The molecule has 2 saturated heterocycles. The lowest BCUT2D eigenvalue weighted by molar-refractivity contribution is -0.159. The molecule has 0 aromatic rings. The first-order valence-corrected chi connectivity index (χ1v) is 4.65. The molecule has 0 unspecified atom stereocenters. The first-order valence-electron chi connectivity index (χ1n) is 4.65. The van der Waals surface area contributed by atoms with Crippen molar-refractivity contribution in [3.63, 3.8) is 0 Å². The first-order chi connectivity index (χ1) is 6.54. The molecule has 14 heavy (non-hydrogen) atoms. The lowest BCUT2D eigenvalue weighted by atomic mass is 9.72. The Labute approximate surface area is 80.7 Å². The van der Waals surface area contributed by atoms with Gasteiger partial charge in [0.05, 0.1) is 18.6 Å². The molecule has 5 heteroatoms. The third kappa shape index (κ3) is 1.19. The van der Waals surface area contributed by atoms with Crippen LogP contribution in [0.2, 0.25) is 0 Å². The topological polar surface area (TPSA) is 83.8 Å². The zero-order chi connectivity index (χ0) is 10.3. The van der Waals surface area contributed by atoms with Crippen LogP contribution in [0.25, 0.3) is 0 Å². The van der Waals surface area contributed by atoms with Crippen molar-refractivity contribution in [1.29, 1.82) is 0 Å².